The Hall–Kier alpha value is -1.52. The number of hydrogen-bond acceptors (Lipinski definition) is 3. The summed E-state index contributed by atoms with van der Waals surface area (Å²) in [6, 6.07) is 9.67. The fraction of sp³-hybridized carbons (Fsp3) is 0.591. The Morgan fingerprint density at radius 3 is 2.77 bits per heavy atom. The molecule has 6 rings (SSSR count). The molecule has 3 nitrogen and oxygen atoms in total. The summed E-state index contributed by atoms with van der Waals surface area (Å²) in [5.74, 6) is 1.58. The van der Waals surface area contributed by atoms with Gasteiger partial charge in [0.05, 0.1) is 11.2 Å². The maximum absolute atomic E-state index is 13.4. The fourth-order valence-electron chi connectivity index (χ4n) is 5.09. The van der Waals surface area contributed by atoms with Gasteiger partial charge in [0.1, 0.15) is 5.82 Å². The highest BCUT2D eigenvalue weighted by atomic mass is 19.1. The summed E-state index contributed by atoms with van der Waals surface area (Å²) in [5, 5.41) is 0.886. The van der Waals surface area contributed by atoms with Crippen molar-refractivity contribution in [3.63, 3.8) is 0 Å². The number of aromatic nitrogens is 1. The molecule has 4 heteroatoms. The van der Waals surface area contributed by atoms with Gasteiger partial charge in [-0.15, -0.1) is 0 Å². The van der Waals surface area contributed by atoms with E-state index in [0.717, 1.165) is 41.0 Å². The molecule has 1 aromatic heterocycles. The highest BCUT2D eigenvalue weighted by Gasteiger charge is 2.36. The third kappa shape index (κ3) is 3.37. The van der Waals surface area contributed by atoms with E-state index in [4.69, 9.17) is 4.98 Å². The summed E-state index contributed by atoms with van der Waals surface area (Å²) in [7, 11) is 0. The van der Waals surface area contributed by atoms with Crippen LogP contribution < -0.4 is 0 Å². The lowest BCUT2D eigenvalue weighted by atomic mass is 9.83. The van der Waals surface area contributed by atoms with E-state index in [1.807, 2.05) is 6.07 Å². The van der Waals surface area contributed by atoms with E-state index in [0.29, 0.717) is 0 Å². The summed E-state index contributed by atoms with van der Waals surface area (Å²) in [4.78, 5) is 10.2. The van der Waals surface area contributed by atoms with Gasteiger partial charge >= 0.3 is 0 Å². The van der Waals surface area contributed by atoms with E-state index in [2.05, 4.69) is 15.9 Å². The zero-order chi connectivity index (χ0) is 17.5. The highest BCUT2D eigenvalue weighted by Crippen LogP contribution is 2.33. The average Bonchev–Trinajstić information content (AvgIpc) is 2.89. The number of piperidine rings is 1. The van der Waals surface area contributed by atoms with Crippen LogP contribution in [0.15, 0.2) is 30.3 Å². The molecule has 0 N–H and O–H groups in total. The molecule has 1 saturated carbocycles. The summed E-state index contributed by atoms with van der Waals surface area (Å²) >= 11 is 0. The number of rotatable bonds is 4. The largest absolute Gasteiger partial charge is 0.299 e. The molecule has 4 heterocycles. The maximum atomic E-state index is 13.4. The first-order valence-corrected chi connectivity index (χ1v) is 10.2. The molecular formula is C22H28FN3. The predicted octanol–water partition coefficient (Wildman–Crippen LogP) is 4.07. The Morgan fingerprint density at radius 2 is 1.92 bits per heavy atom. The Balaban J connectivity index is 1.29. The van der Waals surface area contributed by atoms with Crippen molar-refractivity contribution in [2.24, 2.45) is 11.8 Å². The number of pyridine rings is 1. The molecule has 0 amide bonds. The zero-order valence-corrected chi connectivity index (χ0v) is 15.4. The van der Waals surface area contributed by atoms with Crippen molar-refractivity contribution >= 4 is 10.9 Å². The van der Waals surface area contributed by atoms with Gasteiger partial charge in [0.2, 0.25) is 0 Å². The smallest absolute Gasteiger partial charge is 0.123 e. The predicted molar refractivity (Wildman–Crippen MR) is 102 cm³/mol. The minimum absolute atomic E-state index is 0.192. The monoisotopic (exact) mass is 353 g/mol. The van der Waals surface area contributed by atoms with Crippen molar-refractivity contribution < 1.29 is 4.39 Å². The molecule has 3 saturated heterocycles. The Bertz CT molecular complexity index is 788. The van der Waals surface area contributed by atoms with Crippen LogP contribution in [0.1, 0.15) is 37.8 Å². The van der Waals surface area contributed by atoms with Crippen LogP contribution in [0.2, 0.25) is 0 Å². The van der Waals surface area contributed by atoms with Crippen LogP contribution >= 0.6 is 0 Å². The van der Waals surface area contributed by atoms with Crippen molar-refractivity contribution in [2.75, 3.05) is 26.2 Å². The topological polar surface area (TPSA) is 19.4 Å². The van der Waals surface area contributed by atoms with Crippen molar-refractivity contribution in [3.8, 4) is 0 Å². The van der Waals surface area contributed by atoms with Crippen LogP contribution in [0.5, 0.6) is 0 Å². The Morgan fingerprint density at radius 1 is 1.00 bits per heavy atom. The van der Waals surface area contributed by atoms with Gasteiger partial charge in [0.15, 0.2) is 0 Å². The third-order valence-electron chi connectivity index (χ3n) is 6.71. The first-order valence-electron chi connectivity index (χ1n) is 10.2. The standard InChI is InChI=1S/C22H28FN3/c23-19-6-9-22-18(10-19)5-7-20(24-22)14-25-11-17-4-8-21(15-25)26(13-17)12-16-2-1-3-16/h5-7,9-10,16-17,21H,1-4,8,11-15H2/t17-,21+/m0/s1. The van der Waals surface area contributed by atoms with Gasteiger partial charge in [-0.1, -0.05) is 12.5 Å². The van der Waals surface area contributed by atoms with Crippen LogP contribution in [0, 0.1) is 17.7 Å². The first-order chi connectivity index (χ1) is 12.7. The molecule has 1 aromatic carbocycles. The second-order valence-electron chi connectivity index (χ2n) is 8.68. The number of fused-ring (bicyclic) bond motifs is 5. The maximum Gasteiger partial charge on any atom is 0.123 e. The fourth-order valence-corrected chi connectivity index (χ4v) is 5.09. The molecule has 2 aromatic rings. The molecule has 2 bridgehead atoms. The number of hydrogen-bond donors (Lipinski definition) is 0. The lowest BCUT2D eigenvalue weighted by Crippen LogP contribution is -2.46. The minimum atomic E-state index is -0.192. The van der Waals surface area contributed by atoms with E-state index in [9.17, 15) is 4.39 Å². The van der Waals surface area contributed by atoms with Crippen molar-refractivity contribution in [3.05, 3.63) is 41.8 Å². The van der Waals surface area contributed by atoms with Crippen molar-refractivity contribution in [1.82, 2.24) is 14.8 Å². The second-order valence-corrected chi connectivity index (χ2v) is 8.68. The van der Waals surface area contributed by atoms with Gasteiger partial charge < -0.3 is 0 Å². The van der Waals surface area contributed by atoms with Gasteiger partial charge in [-0.3, -0.25) is 14.8 Å². The SMILES string of the molecule is Fc1ccc2nc(CN3C[C@@H]4CC[C@H](C3)N(CC3CCC3)C4)ccc2c1. The van der Waals surface area contributed by atoms with Crippen LogP contribution in [-0.4, -0.2) is 47.0 Å². The van der Waals surface area contributed by atoms with Gasteiger partial charge in [0.25, 0.3) is 0 Å². The summed E-state index contributed by atoms with van der Waals surface area (Å²) in [6.07, 6.45) is 7.07. The van der Waals surface area contributed by atoms with E-state index < -0.39 is 0 Å². The van der Waals surface area contributed by atoms with E-state index in [1.54, 1.807) is 12.1 Å². The quantitative estimate of drug-likeness (QED) is 0.826. The molecule has 0 radical (unpaired) electrons. The van der Waals surface area contributed by atoms with Crippen LogP contribution in [0.4, 0.5) is 4.39 Å². The summed E-state index contributed by atoms with van der Waals surface area (Å²) in [6.45, 7) is 5.90. The molecule has 1 aliphatic carbocycles. The molecule has 4 fully saturated rings. The number of nitrogens with zero attached hydrogens (tertiary/aromatic N) is 3. The normalized spacial score (nSPS) is 27.6. The van der Waals surface area contributed by atoms with Gasteiger partial charge in [0, 0.05) is 44.2 Å². The number of benzene rings is 1. The van der Waals surface area contributed by atoms with Gasteiger partial charge in [-0.2, -0.15) is 0 Å². The third-order valence-corrected chi connectivity index (χ3v) is 6.71. The van der Waals surface area contributed by atoms with Crippen molar-refractivity contribution in [1.29, 1.82) is 0 Å². The van der Waals surface area contributed by atoms with Crippen LogP contribution in [-0.2, 0) is 6.54 Å². The van der Waals surface area contributed by atoms with Gasteiger partial charge in [-0.05, 0) is 61.8 Å². The summed E-state index contributed by atoms with van der Waals surface area (Å²) < 4.78 is 13.4. The molecule has 0 spiro atoms. The van der Waals surface area contributed by atoms with E-state index >= 15 is 0 Å². The van der Waals surface area contributed by atoms with Crippen molar-refractivity contribution in [2.45, 2.75) is 44.7 Å². The lowest BCUT2D eigenvalue weighted by molar-refractivity contribution is 0.0890. The number of halogens is 1. The molecule has 2 atom stereocenters. The van der Waals surface area contributed by atoms with E-state index in [-0.39, 0.29) is 5.82 Å². The molecule has 138 valence electrons. The highest BCUT2D eigenvalue weighted by molar-refractivity contribution is 5.78. The zero-order valence-electron chi connectivity index (χ0n) is 15.4. The van der Waals surface area contributed by atoms with E-state index in [1.165, 1.54) is 64.3 Å². The first kappa shape index (κ1) is 16.6. The summed E-state index contributed by atoms with van der Waals surface area (Å²) in [5.41, 5.74) is 2.00. The van der Waals surface area contributed by atoms with Crippen LogP contribution in [0.25, 0.3) is 10.9 Å². The molecule has 26 heavy (non-hydrogen) atoms. The van der Waals surface area contributed by atoms with Crippen LogP contribution in [0.3, 0.4) is 0 Å². The lowest BCUT2D eigenvalue weighted by Gasteiger charge is -2.40. The minimum Gasteiger partial charge on any atom is -0.299 e. The second kappa shape index (κ2) is 6.90. The molecular weight excluding hydrogens is 325 g/mol. The molecule has 3 aliphatic heterocycles. The molecule has 4 aliphatic rings. The Labute approximate surface area is 155 Å². The Kier molecular flexibility index (Phi) is 4.41. The van der Waals surface area contributed by atoms with Gasteiger partial charge in [-0.25, -0.2) is 4.39 Å². The average molecular weight is 353 g/mol. The molecule has 0 unspecified atom stereocenters.